The second kappa shape index (κ2) is 4.76. The number of hydrogen-bond donors (Lipinski definition) is 0. The summed E-state index contributed by atoms with van der Waals surface area (Å²) in [6.45, 7) is 5.03. The highest BCUT2D eigenvalue weighted by molar-refractivity contribution is 7.89. The van der Waals surface area contributed by atoms with Crippen molar-refractivity contribution in [3.8, 4) is 0 Å². The van der Waals surface area contributed by atoms with Crippen LogP contribution in [0.2, 0.25) is 0 Å². The van der Waals surface area contributed by atoms with Gasteiger partial charge < -0.3 is 4.74 Å². The average Bonchev–Trinajstić information content (AvgIpc) is 2.29. The van der Waals surface area contributed by atoms with Gasteiger partial charge >= 0.3 is 0 Å². The van der Waals surface area contributed by atoms with E-state index in [1.54, 1.807) is 12.1 Å². The number of ether oxygens (including phenoxy) is 1. The molecule has 94 valence electrons. The molecule has 2 rings (SSSR count). The van der Waals surface area contributed by atoms with Gasteiger partial charge in [-0.15, -0.1) is 0 Å². The van der Waals surface area contributed by atoms with Crippen molar-refractivity contribution >= 4 is 10.0 Å². The van der Waals surface area contributed by atoms with Gasteiger partial charge in [0.05, 0.1) is 17.6 Å². The molecule has 0 bridgehead atoms. The van der Waals surface area contributed by atoms with E-state index in [2.05, 4.69) is 0 Å². The molecule has 4 nitrogen and oxygen atoms in total. The van der Waals surface area contributed by atoms with E-state index < -0.39 is 10.0 Å². The molecule has 1 aromatic carbocycles. The van der Waals surface area contributed by atoms with E-state index in [0.717, 1.165) is 5.56 Å². The van der Waals surface area contributed by atoms with Crippen molar-refractivity contribution in [1.82, 2.24) is 4.31 Å². The summed E-state index contributed by atoms with van der Waals surface area (Å²) in [4.78, 5) is 0.397. The first kappa shape index (κ1) is 12.5. The van der Waals surface area contributed by atoms with Crippen LogP contribution in [0, 0.1) is 6.92 Å². The van der Waals surface area contributed by atoms with E-state index in [0.29, 0.717) is 24.6 Å². The van der Waals surface area contributed by atoms with Gasteiger partial charge in [-0.1, -0.05) is 18.2 Å². The molecule has 1 heterocycles. The van der Waals surface area contributed by atoms with E-state index in [9.17, 15) is 8.42 Å². The Bertz CT molecular complexity index is 498. The standard InChI is InChI=1S/C12H17NO3S/c1-10-5-3-4-6-12(10)17(14,15)13-7-8-16-11(2)9-13/h3-6,11H,7-9H2,1-2H3. The molecule has 1 atom stereocenters. The number of benzene rings is 1. The first-order valence-electron chi connectivity index (χ1n) is 5.69. The minimum atomic E-state index is -3.37. The fourth-order valence-electron chi connectivity index (χ4n) is 1.99. The van der Waals surface area contributed by atoms with Crippen molar-refractivity contribution in [2.75, 3.05) is 19.7 Å². The number of morpholine rings is 1. The maximum Gasteiger partial charge on any atom is 0.243 e. The van der Waals surface area contributed by atoms with Gasteiger partial charge in [-0.3, -0.25) is 0 Å². The van der Waals surface area contributed by atoms with E-state index in [1.807, 2.05) is 26.0 Å². The van der Waals surface area contributed by atoms with Gasteiger partial charge in [0.1, 0.15) is 0 Å². The van der Waals surface area contributed by atoms with Crippen molar-refractivity contribution < 1.29 is 13.2 Å². The first-order valence-corrected chi connectivity index (χ1v) is 7.13. The maximum atomic E-state index is 12.4. The lowest BCUT2D eigenvalue weighted by Crippen LogP contribution is -2.44. The van der Waals surface area contributed by atoms with E-state index >= 15 is 0 Å². The topological polar surface area (TPSA) is 46.6 Å². The lowest BCUT2D eigenvalue weighted by atomic mass is 10.2. The third-order valence-electron chi connectivity index (χ3n) is 2.92. The largest absolute Gasteiger partial charge is 0.376 e. The van der Waals surface area contributed by atoms with Crippen LogP contribution in [0.3, 0.4) is 0 Å². The molecule has 1 unspecified atom stereocenters. The molecule has 1 aliphatic rings. The molecule has 1 fully saturated rings. The molecule has 1 aliphatic heterocycles. The molecule has 5 heteroatoms. The fraction of sp³-hybridized carbons (Fsp3) is 0.500. The smallest absolute Gasteiger partial charge is 0.243 e. The van der Waals surface area contributed by atoms with Crippen molar-refractivity contribution in [2.45, 2.75) is 24.8 Å². The summed E-state index contributed by atoms with van der Waals surface area (Å²) in [7, 11) is -3.37. The van der Waals surface area contributed by atoms with E-state index in [4.69, 9.17) is 4.74 Å². The van der Waals surface area contributed by atoms with Crippen LogP contribution in [0.5, 0.6) is 0 Å². The van der Waals surface area contributed by atoms with Gasteiger partial charge in [0.25, 0.3) is 0 Å². The quantitative estimate of drug-likeness (QED) is 0.802. The van der Waals surface area contributed by atoms with Crippen LogP contribution >= 0.6 is 0 Å². The van der Waals surface area contributed by atoms with Gasteiger partial charge in [-0.25, -0.2) is 8.42 Å². The number of hydrogen-bond acceptors (Lipinski definition) is 3. The van der Waals surface area contributed by atoms with Gasteiger partial charge in [0.15, 0.2) is 0 Å². The molecule has 1 saturated heterocycles. The Labute approximate surface area is 102 Å². The summed E-state index contributed by atoms with van der Waals surface area (Å²) in [5.74, 6) is 0. The van der Waals surface area contributed by atoms with Crippen LogP contribution in [-0.2, 0) is 14.8 Å². The zero-order chi connectivity index (χ0) is 12.5. The monoisotopic (exact) mass is 255 g/mol. The molecule has 0 N–H and O–H groups in total. The van der Waals surface area contributed by atoms with Gasteiger partial charge in [0.2, 0.25) is 10.0 Å². The molecular formula is C12H17NO3S. The molecule has 0 radical (unpaired) electrons. The van der Waals surface area contributed by atoms with Crippen molar-refractivity contribution in [1.29, 1.82) is 0 Å². The Balaban J connectivity index is 2.33. The summed E-state index contributed by atoms with van der Waals surface area (Å²) in [6.07, 6.45) is -0.0393. The SMILES string of the molecule is Cc1ccccc1S(=O)(=O)N1CCOC(C)C1. The zero-order valence-corrected chi connectivity index (χ0v) is 10.9. The minimum absolute atomic E-state index is 0.0393. The van der Waals surface area contributed by atoms with Crippen LogP contribution in [0.25, 0.3) is 0 Å². The van der Waals surface area contributed by atoms with Gasteiger partial charge in [-0.2, -0.15) is 4.31 Å². The third-order valence-corrected chi connectivity index (χ3v) is 4.94. The Morgan fingerprint density at radius 3 is 2.71 bits per heavy atom. The van der Waals surface area contributed by atoms with Crippen LogP contribution < -0.4 is 0 Å². The van der Waals surface area contributed by atoms with Crippen molar-refractivity contribution in [2.24, 2.45) is 0 Å². The highest BCUT2D eigenvalue weighted by atomic mass is 32.2. The Hall–Kier alpha value is -0.910. The van der Waals surface area contributed by atoms with Crippen LogP contribution in [0.15, 0.2) is 29.2 Å². The molecule has 0 spiro atoms. The summed E-state index contributed by atoms with van der Waals surface area (Å²) in [5.41, 5.74) is 0.784. The lowest BCUT2D eigenvalue weighted by Gasteiger charge is -2.30. The Morgan fingerprint density at radius 1 is 1.35 bits per heavy atom. The number of sulfonamides is 1. The molecule has 0 amide bonds. The molecule has 0 saturated carbocycles. The van der Waals surface area contributed by atoms with Crippen LogP contribution in [0.4, 0.5) is 0 Å². The van der Waals surface area contributed by atoms with Crippen molar-refractivity contribution in [3.05, 3.63) is 29.8 Å². The number of rotatable bonds is 2. The number of aryl methyl sites for hydroxylation is 1. The maximum absolute atomic E-state index is 12.4. The summed E-state index contributed by atoms with van der Waals surface area (Å²) < 4.78 is 31.7. The van der Waals surface area contributed by atoms with E-state index in [-0.39, 0.29) is 6.10 Å². The minimum Gasteiger partial charge on any atom is -0.376 e. The fourth-order valence-corrected chi connectivity index (χ4v) is 3.71. The average molecular weight is 255 g/mol. The highest BCUT2D eigenvalue weighted by Crippen LogP contribution is 2.21. The summed E-state index contributed by atoms with van der Waals surface area (Å²) in [5, 5.41) is 0. The summed E-state index contributed by atoms with van der Waals surface area (Å²) >= 11 is 0. The molecule has 1 aromatic rings. The lowest BCUT2D eigenvalue weighted by molar-refractivity contribution is 0.0102. The van der Waals surface area contributed by atoms with Gasteiger partial charge in [0, 0.05) is 13.1 Å². The molecular weight excluding hydrogens is 238 g/mol. The zero-order valence-electron chi connectivity index (χ0n) is 10.1. The molecule has 0 aliphatic carbocycles. The van der Waals surface area contributed by atoms with Gasteiger partial charge in [-0.05, 0) is 25.5 Å². The van der Waals surface area contributed by atoms with Crippen LogP contribution in [-0.4, -0.2) is 38.5 Å². The number of nitrogens with zero attached hydrogens (tertiary/aromatic N) is 1. The Morgan fingerprint density at radius 2 is 2.06 bits per heavy atom. The predicted octanol–water partition coefficient (Wildman–Crippen LogP) is 1.40. The second-order valence-corrected chi connectivity index (χ2v) is 6.22. The summed E-state index contributed by atoms with van der Waals surface area (Å²) in [6, 6.07) is 7.07. The van der Waals surface area contributed by atoms with E-state index in [1.165, 1.54) is 4.31 Å². The van der Waals surface area contributed by atoms with Crippen LogP contribution in [0.1, 0.15) is 12.5 Å². The molecule has 0 aromatic heterocycles. The highest BCUT2D eigenvalue weighted by Gasteiger charge is 2.29. The molecule has 17 heavy (non-hydrogen) atoms. The Kier molecular flexibility index (Phi) is 3.51. The third kappa shape index (κ3) is 2.51. The predicted molar refractivity (Wildman–Crippen MR) is 65.4 cm³/mol. The second-order valence-electron chi connectivity index (χ2n) is 4.31. The van der Waals surface area contributed by atoms with Crippen molar-refractivity contribution in [3.63, 3.8) is 0 Å². The first-order chi connectivity index (χ1) is 8.01. The normalized spacial score (nSPS) is 22.6.